The van der Waals surface area contributed by atoms with E-state index in [-0.39, 0.29) is 11.6 Å². The molecule has 5 rings (SSSR count). The first-order chi connectivity index (χ1) is 13.6. The lowest BCUT2D eigenvalue weighted by Crippen LogP contribution is -2.36. The van der Waals surface area contributed by atoms with Crippen LogP contribution in [0, 0.1) is 0 Å². The molecule has 0 aliphatic carbocycles. The smallest absolute Gasteiger partial charge is 0.328 e. The first kappa shape index (κ1) is 16.9. The molecule has 1 amide bonds. The minimum Gasteiger partial charge on any atom is -0.358 e. The Labute approximate surface area is 162 Å². The topological polar surface area (TPSA) is 63.0 Å². The molecule has 3 heterocycles. The molecular formula is C22H22N4O2. The number of aromatic amines is 1. The molecular weight excluding hydrogens is 352 g/mol. The van der Waals surface area contributed by atoms with Gasteiger partial charge < -0.3 is 9.88 Å². The highest BCUT2D eigenvalue weighted by molar-refractivity contribution is 5.86. The van der Waals surface area contributed by atoms with Gasteiger partial charge in [0.15, 0.2) is 0 Å². The Morgan fingerprint density at radius 3 is 2.68 bits per heavy atom. The molecule has 1 aliphatic rings. The van der Waals surface area contributed by atoms with Crippen molar-refractivity contribution < 1.29 is 4.79 Å². The third kappa shape index (κ3) is 2.56. The van der Waals surface area contributed by atoms with Gasteiger partial charge in [0.05, 0.1) is 11.0 Å². The van der Waals surface area contributed by atoms with Crippen molar-refractivity contribution in [2.75, 3.05) is 6.54 Å². The summed E-state index contributed by atoms with van der Waals surface area (Å²) < 4.78 is 3.34. The molecule has 142 valence electrons. The van der Waals surface area contributed by atoms with E-state index in [2.05, 4.69) is 17.1 Å². The van der Waals surface area contributed by atoms with Crippen LogP contribution in [0.15, 0.2) is 53.3 Å². The molecule has 4 aromatic rings. The maximum atomic E-state index is 12.9. The van der Waals surface area contributed by atoms with Gasteiger partial charge in [-0.15, -0.1) is 0 Å². The molecule has 0 radical (unpaired) electrons. The zero-order valence-corrected chi connectivity index (χ0v) is 15.8. The molecule has 0 atom stereocenters. The predicted molar refractivity (Wildman–Crippen MR) is 109 cm³/mol. The van der Waals surface area contributed by atoms with E-state index in [0.717, 1.165) is 23.0 Å². The SMILES string of the molecule is Cn1c(=O)n(CCC(=O)N2CCc3[nH]c4ccccc4c3C2)c2ccccc21. The Balaban J connectivity index is 1.36. The van der Waals surface area contributed by atoms with E-state index >= 15 is 0 Å². The Hall–Kier alpha value is -3.28. The number of aromatic nitrogens is 3. The number of rotatable bonds is 3. The summed E-state index contributed by atoms with van der Waals surface area (Å²) in [4.78, 5) is 30.8. The van der Waals surface area contributed by atoms with Gasteiger partial charge in [-0.05, 0) is 18.2 Å². The van der Waals surface area contributed by atoms with Gasteiger partial charge in [-0.3, -0.25) is 13.9 Å². The van der Waals surface area contributed by atoms with Crippen LogP contribution in [0.1, 0.15) is 17.7 Å². The summed E-state index contributed by atoms with van der Waals surface area (Å²) in [5, 5.41) is 1.19. The zero-order valence-electron chi connectivity index (χ0n) is 15.8. The molecule has 0 saturated carbocycles. The Morgan fingerprint density at radius 2 is 1.82 bits per heavy atom. The number of nitrogens with one attached hydrogen (secondary N) is 1. The second-order valence-electron chi connectivity index (χ2n) is 7.42. The highest BCUT2D eigenvalue weighted by Gasteiger charge is 2.24. The number of aryl methyl sites for hydroxylation is 2. The largest absolute Gasteiger partial charge is 0.358 e. The summed E-state index contributed by atoms with van der Waals surface area (Å²) in [5.74, 6) is 0.0933. The summed E-state index contributed by atoms with van der Waals surface area (Å²) in [7, 11) is 1.77. The maximum Gasteiger partial charge on any atom is 0.328 e. The van der Waals surface area contributed by atoms with Crippen LogP contribution in [0.2, 0.25) is 0 Å². The number of nitrogens with zero attached hydrogens (tertiary/aromatic N) is 3. The van der Waals surface area contributed by atoms with Crippen molar-refractivity contribution in [1.82, 2.24) is 19.0 Å². The number of hydrogen-bond donors (Lipinski definition) is 1. The lowest BCUT2D eigenvalue weighted by Gasteiger charge is -2.27. The highest BCUT2D eigenvalue weighted by atomic mass is 16.2. The third-order valence-corrected chi connectivity index (χ3v) is 5.84. The predicted octanol–water partition coefficient (Wildman–Crippen LogP) is 2.80. The van der Waals surface area contributed by atoms with Crippen LogP contribution in [0.25, 0.3) is 21.9 Å². The second-order valence-corrected chi connectivity index (χ2v) is 7.42. The van der Waals surface area contributed by atoms with E-state index in [1.807, 2.05) is 41.3 Å². The third-order valence-electron chi connectivity index (χ3n) is 5.84. The molecule has 6 nitrogen and oxygen atoms in total. The van der Waals surface area contributed by atoms with Crippen molar-refractivity contribution in [3.63, 3.8) is 0 Å². The molecule has 6 heteroatoms. The normalized spacial score (nSPS) is 14.0. The monoisotopic (exact) mass is 374 g/mol. The Kier molecular flexibility index (Phi) is 3.86. The fourth-order valence-corrected chi connectivity index (χ4v) is 4.32. The van der Waals surface area contributed by atoms with Crippen LogP contribution in [0.4, 0.5) is 0 Å². The van der Waals surface area contributed by atoms with Gasteiger partial charge in [0.25, 0.3) is 0 Å². The first-order valence-corrected chi connectivity index (χ1v) is 9.64. The maximum absolute atomic E-state index is 12.9. The lowest BCUT2D eigenvalue weighted by molar-refractivity contribution is -0.132. The van der Waals surface area contributed by atoms with E-state index < -0.39 is 0 Å². The van der Waals surface area contributed by atoms with Crippen molar-refractivity contribution in [2.45, 2.75) is 25.9 Å². The van der Waals surface area contributed by atoms with Gasteiger partial charge in [0.2, 0.25) is 5.91 Å². The van der Waals surface area contributed by atoms with Crippen molar-refractivity contribution in [1.29, 1.82) is 0 Å². The number of carbonyl (C=O) groups is 1. The van der Waals surface area contributed by atoms with Crippen LogP contribution in [-0.4, -0.2) is 31.5 Å². The average molecular weight is 374 g/mol. The molecule has 1 aliphatic heterocycles. The van der Waals surface area contributed by atoms with Crippen LogP contribution in [0.3, 0.4) is 0 Å². The number of carbonyl (C=O) groups excluding carboxylic acids is 1. The minimum atomic E-state index is -0.0773. The number of hydrogen-bond acceptors (Lipinski definition) is 2. The first-order valence-electron chi connectivity index (χ1n) is 9.64. The molecule has 0 fully saturated rings. The average Bonchev–Trinajstić information content (AvgIpc) is 3.22. The molecule has 28 heavy (non-hydrogen) atoms. The Morgan fingerprint density at radius 1 is 1.07 bits per heavy atom. The summed E-state index contributed by atoms with van der Waals surface area (Å²) in [6.07, 6.45) is 1.16. The number of para-hydroxylation sites is 3. The van der Waals surface area contributed by atoms with E-state index in [9.17, 15) is 9.59 Å². The van der Waals surface area contributed by atoms with Crippen LogP contribution in [-0.2, 0) is 31.4 Å². The van der Waals surface area contributed by atoms with Gasteiger partial charge >= 0.3 is 5.69 Å². The minimum absolute atomic E-state index is 0.0773. The molecule has 1 N–H and O–H groups in total. The number of benzene rings is 2. The number of amides is 1. The fourth-order valence-electron chi connectivity index (χ4n) is 4.32. The van der Waals surface area contributed by atoms with Gasteiger partial charge in [-0.25, -0.2) is 4.79 Å². The summed E-state index contributed by atoms with van der Waals surface area (Å²) in [6, 6.07) is 15.9. The van der Waals surface area contributed by atoms with Crippen molar-refractivity contribution in [3.05, 3.63) is 70.3 Å². The fraction of sp³-hybridized carbons (Fsp3) is 0.273. The van der Waals surface area contributed by atoms with Gasteiger partial charge in [0, 0.05) is 61.7 Å². The Bertz CT molecular complexity index is 1260. The quantitative estimate of drug-likeness (QED) is 0.599. The van der Waals surface area contributed by atoms with Gasteiger partial charge in [-0.1, -0.05) is 30.3 Å². The van der Waals surface area contributed by atoms with Crippen LogP contribution >= 0.6 is 0 Å². The lowest BCUT2D eigenvalue weighted by atomic mass is 10.0. The van der Waals surface area contributed by atoms with Crippen molar-refractivity contribution in [2.24, 2.45) is 7.05 Å². The highest BCUT2D eigenvalue weighted by Crippen LogP contribution is 2.27. The summed E-state index contributed by atoms with van der Waals surface area (Å²) in [6.45, 7) is 1.74. The molecule has 2 aromatic heterocycles. The van der Waals surface area contributed by atoms with E-state index in [1.165, 1.54) is 16.6 Å². The van der Waals surface area contributed by atoms with Crippen molar-refractivity contribution >= 4 is 27.8 Å². The van der Waals surface area contributed by atoms with Crippen LogP contribution < -0.4 is 5.69 Å². The number of H-pyrrole nitrogens is 1. The molecule has 0 spiro atoms. The second kappa shape index (κ2) is 6.41. The molecule has 0 bridgehead atoms. The molecule has 0 unspecified atom stereocenters. The van der Waals surface area contributed by atoms with Crippen LogP contribution in [0.5, 0.6) is 0 Å². The van der Waals surface area contributed by atoms with Crippen molar-refractivity contribution in [3.8, 4) is 0 Å². The van der Waals surface area contributed by atoms with Gasteiger partial charge in [-0.2, -0.15) is 0 Å². The standard InChI is InChI=1S/C22H22N4O2/c1-24-19-8-4-5-9-20(19)26(22(24)28)13-11-21(27)25-12-10-18-16(14-25)15-6-2-3-7-17(15)23-18/h2-9,23H,10-14H2,1H3. The molecule has 0 saturated heterocycles. The van der Waals surface area contributed by atoms with E-state index in [0.29, 0.717) is 26.1 Å². The van der Waals surface area contributed by atoms with Gasteiger partial charge in [0.1, 0.15) is 0 Å². The summed E-state index contributed by atoms with van der Waals surface area (Å²) in [5.41, 5.74) is 5.27. The summed E-state index contributed by atoms with van der Waals surface area (Å²) >= 11 is 0. The zero-order chi connectivity index (χ0) is 19.3. The number of fused-ring (bicyclic) bond motifs is 4. The number of imidazole rings is 1. The molecule has 2 aromatic carbocycles. The van der Waals surface area contributed by atoms with E-state index in [1.54, 1.807) is 16.2 Å². The van der Waals surface area contributed by atoms with E-state index in [4.69, 9.17) is 0 Å².